The zero-order valence-electron chi connectivity index (χ0n) is 10.7. The first-order valence-electron chi connectivity index (χ1n) is 6.76. The Morgan fingerprint density at radius 2 is 2.33 bits per heavy atom. The van der Waals surface area contributed by atoms with Crippen LogP contribution in [0.15, 0.2) is 4.52 Å². The van der Waals surface area contributed by atoms with Crippen molar-refractivity contribution in [1.82, 2.24) is 15.5 Å². The molecule has 2 fully saturated rings. The first-order valence-corrected chi connectivity index (χ1v) is 6.76. The Bertz CT molecular complexity index is 443. The van der Waals surface area contributed by atoms with Crippen LogP contribution in [-0.2, 0) is 17.6 Å². The van der Waals surface area contributed by atoms with Gasteiger partial charge < -0.3 is 9.84 Å². The second-order valence-electron chi connectivity index (χ2n) is 5.59. The Morgan fingerprint density at radius 3 is 3.00 bits per heavy atom. The number of amides is 1. The minimum absolute atomic E-state index is 0.0812. The van der Waals surface area contributed by atoms with E-state index in [1.807, 2.05) is 0 Å². The number of aromatic nitrogens is 2. The topological polar surface area (TPSA) is 68.0 Å². The van der Waals surface area contributed by atoms with Gasteiger partial charge in [-0.2, -0.15) is 4.98 Å². The number of nitrogens with one attached hydrogen (secondary N) is 1. The summed E-state index contributed by atoms with van der Waals surface area (Å²) in [4.78, 5) is 15.5. The smallest absolute Gasteiger partial charge is 0.227 e. The molecule has 1 heterocycles. The van der Waals surface area contributed by atoms with Crippen LogP contribution >= 0.6 is 0 Å². The molecule has 3 atom stereocenters. The summed E-state index contributed by atoms with van der Waals surface area (Å²) in [5.41, 5.74) is 0. The molecule has 0 spiro atoms. The minimum Gasteiger partial charge on any atom is -0.359 e. The third-order valence-corrected chi connectivity index (χ3v) is 4.43. The van der Waals surface area contributed by atoms with E-state index in [0.29, 0.717) is 11.7 Å². The molecule has 2 aliphatic carbocycles. The fourth-order valence-corrected chi connectivity index (χ4v) is 3.53. The van der Waals surface area contributed by atoms with Gasteiger partial charge in [0.25, 0.3) is 0 Å². The van der Waals surface area contributed by atoms with Crippen molar-refractivity contribution in [3.8, 4) is 0 Å². The zero-order chi connectivity index (χ0) is 12.5. The lowest BCUT2D eigenvalue weighted by Crippen LogP contribution is -2.20. The maximum atomic E-state index is 11.2. The van der Waals surface area contributed by atoms with Crippen molar-refractivity contribution in [2.75, 3.05) is 7.05 Å². The van der Waals surface area contributed by atoms with Gasteiger partial charge >= 0.3 is 0 Å². The van der Waals surface area contributed by atoms with Gasteiger partial charge in [-0.3, -0.25) is 4.79 Å². The van der Waals surface area contributed by atoms with Crippen molar-refractivity contribution in [1.29, 1.82) is 0 Å². The molecule has 1 amide bonds. The standard InChI is InChI=1S/C13H19N3O2/c1-14-12(17)7-11-15-13(18-16-11)6-10-5-8-2-3-9(10)4-8/h8-10H,2-7H2,1H3,(H,14,17)/t8-,9-,10+/m1/s1. The average Bonchev–Trinajstić information content (AvgIpc) is 3.06. The number of hydrogen-bond acceptors (Lipinski definition) is 4. The highest BCUT2D eigenvalue weighted by atomic mass is 16.5. The number of carbonyl (C=O) groups excluding carboxylic acids is 1. The number of rotatable bonds is 4. The van der Waals surface area contributed by atoms with Gasteiger partial charge in [0.1, 0.15) is 0 Å². The van der Waals surface area contributed by atoms with Gasteiger partial charge in [0.15, 0.2) is 5.82 Å². The molecule has 0 aromatic carbocycles. The largest absolute Gasteiger partial charge is 0.359 e. The van der Waals surface area contributed by atoms with E-state index in [4.69, 9.17) is 4.52 Å². The highest BCUT2D eigenvalue weighted by molar-refractivity contribution is 5.77. The molecule has 5 nitrogen and oxygen atoms in total. The summed E-state index contributed by atoms with van der Waals surface area (Å²) < 4.78 is 5.24. The molecular weight excluding hydrogens is 230 g/mol. The third-order valence-electron chi connectivity index (χ3n) is 4.43. The van der Waals surface area contributed by atoms with E-state index < -0.39 is 0 Å². The molecular formula is C13H19N3O2. The molecule has 2 bridgehead atoms. The third kappa shape index (κ3) is 2.26. The van der Waals surface area contributed by atoms with Crippen LogP contribution in [0.4, 0.5) is 0 Å². The van der Waals surface area contributed by atoms with Gasteiger partial charge in [-0.25, -0.2) is 0 Å². The van der Waals surface area contributed by atoms with Crippen LogP contribution in [0, 0.1) is 17.8 Å². The summed E-state index contributed by atoms with van der Waals surface area (Å²) in [6.45, 7) is 0. The van der Waals surface area contributed by atoms with Crippen molar-refractivity contribution in [3.63, 3.8) is 0 Å². The maximum Gasteiger partial charge on any atom is 0.227 e. The monoisotopic (exact) mass is 249 g/mol. The van der Waals surface area contributed by atoms with E-state index in [1.165, 1.54) is 25.7 Å². The van der Waals surface area contributed by atoms with E-state index in [1.54, 1.807) is 7.05 Å². The Morgan fingerprint density at radius 1 is 1.44 bits per heavy atom. The van der Waals surface area contributed by atoms with Crippen LogP contribution in [0.2, 0.25) is 0 Å². The van der Waals surface area contributed by atoms with E-state index in [2.05, 4.69) is 15.5 Å². The van der Waals surface area contributed by atoms with Gasteiger partial charge in [0.05, 0.1) is 6.42 Å². The van der Waals surface area contributed by atoms with Crippen LogP contribution in [0.5, 0.6) is 0 Å². The lowest BCUT2D eigenvalue weighted by molar-refractivity contribution is -0.120. The molecule has 2 aliphatic rings. The molecule has 1 aromatic rings. The van der Waals surface area contributed by atoms with Crippen LogP contribution < -0.4 is 5.32 Å². The molecule has 18 heavy (non-hydrogen) atoms. The lowest BCUT2D eigenvalue weighted by Gasteiger charge is -2.19. The number of hydrogen-bond donors (Lipinski definition) is 1. The predicted octanol–water partition coefficient (Wildman–Crippen LogP) is 1.34. The van der Waals surface area contributed by atoms with E-state index in [9.17, 15) is 4.79 Å². The summed E-state index contributed by atoms with van der Waals surface area (Å²) in [5.74, 6) is 3.64. The number of nitrogens with zero attached hydrogens (tertiary/aromatic N) is 2. The summed E-state index contributed by atoms with van der Waals surface area (Å²) in [5, 5.41) is 6.42. The predicted molar refractivity (Wildman–Crippen MR) is 64.7 cm³/mol. The van der Waals surface area contributed by atoms with Crippen molar-refractivity contribution < 1.29 is 9.32 Å². The van der Waals surface area contributed by atoms with E-state index in [0.717, 1.165) is 24.2 Å². The summed E-state index contributed by atoms with van der Waals surface area (Å²) in [6, 6.07) is 0. The Balaban J connectivity index is 1.58. The number of fused-ring (bicyclic) bond motifs is 2. The molecule has 3 rings (SSSR count). The molecule has 0 saturated heterocycles. The first-order chi connectivity index (χ1) is 8.74. The SMILES string of the molecule is CNC(=O)Cc1noc(C[C@@H]2C[C@@H]3CC[C@@H]2C3)n1. The highest BCUT2D eigenvalue weighted by Crippen LogP contribution is 2.49. The Kier molecular flexibility index (Phi) is 3.06. The normalized spacial score (nSPS) is 29.7. The molecule has 0 radical (unpaired) electrons. The Labute approximate surface area is 106 Å². The van der Waals surface area contributed by atoms with Crippen LogP contribution in [-0.4, -0.2) is 23.1 Å². The zero-order valence-corrected chi connectivity index (χ0v) is 10.7. The van der Waals surface area contributed by atoms with Gasteiger partial charge in [0.2, 0.25) is 11.8 Å². The summed E-state index contributed by atoms with van der Waals surface area (Å²) >= 11 is 0. The van der Waals surface area contributed by atoms with Gasteiger partial charge in [-0.05, 0) is 37.0 Å². The van der Waals surface area contributed by atoms with Crippen molar-refractivity contribution >= 4 is 5.91 Å². The van der Waals surface area contributed by atoms with Crippen LogP contribution in [0.25, 0.3) is 0 Å². The second kappa shape index (κ2) is 4.71. The lowest BCUT2D eigenvalue weighted by atomic mass is 9.86. The number of likely N-dealkylation sites (N-methyl/N-ethyl adjacent to an activating group) is 1. The summed E-state index contributed by atoms with van der Waals surface area (Å²) in [6.07, 6.45) is 6.59. The van der Waals surface area contributed by atoms with E-state index in [-0.39, 0.29) is 12.3 Å². The van der Waals surface area contributed by atoms with E-state index >= 15 is 0 Å². The van der Waals surface area contributed by atoms with Gasteiger partial charge in [0, 0.05) is 13.5 Å². The molecule has 1 N–H and O–H groups in total. The molecule has 0 unspecified atom stereocenters. The maximum absolute atomic E-state index is 11.2. The highest BCUT2D eigenvalue weighted by Gasteiger charge is 2.40. The van der Waals surface area contributed by atoms with Crippen LogP contribution in [0.1, 0.15) is 37.4 Å². The molecule has 0 aliphatic heterocycles. The summed E-state index contributed by atoms with van der Waals surface area (Å²) in [7, 11) is 1.61. The first kappa shape index (κ1) is 11.7. The van der Waals surface area contributed by atoms with Gasteiger partial charge in [-0.1, -0.05) is 11.6 Å². The minimum atomic E-state index is -0.0812. The van der Waals surface area contributed by atoms with Crippen LogP contribution in [0.3, 0.4) is 0 Å². The van der Waals surface area contributed by atoms with Crippen molar-refractivity contribution in [2.45, 2.75) is 38.5 Å². The molecule has 5 heteroatoms. The fourth-order valence-electron chi connectivity index (χ4n) is 3.53. The Hall–Kier alpha value is -1.39. The van der Waals surface area contributed by atoms with Crippen molar-refractivity contribution in [2.24, 2.45) is 17.8 Å². The molecule has 98 valence electrons. The fraction of sp³-hybridized carbons (Fsp3) is 0.769. The molecule has 1 aromatic heterocycles. The number of carbonyl (C=O) groups is 1. The van der Waals surface area contributed by atoms with Crippen molar-refractivity contribution in [3.05, 3.63) is 11.7 Å². The van der Waals surface area contributed by atoms with Gasteiger partial charge in [-0.15, -0.1) is 0 Å². The molecule has 2 saturated carbocycles. The second-order valence-corrected chi connectivity index (χ2v) is 5.59. The quantitative estimate of drug-likeness (QED) is 0.874. The average molecular weight is 249 g/mol.